The van der Waals surface area contributed by atoms with Crippen LogP contribution in [0.2, 0.25) is 0 Å². The molecule has 0 radical (unpaired) electrons. The molecule has 0 aromatic heterocycles. The second kappa shape index (κ2) is 11.1. The lowest BCUT2D eigenvalue weighted by molar-refractivity contribution is -0.203. The van der Waals surface area contributed by atoms with Gasteiger partial charge in [0.1, 0.15) is 17.7 Å². The molecule has 0 aliphatic carbocycles. The molecule has 42 heavy (non-hydrogen) atoms. The van der Waals surface area contributed by atoms with E-state index in [1.165, 1.54) is 0 Å². The zero-order valence-electron chi connectivity index (χ0n) is 24.7. The van der Waals surface area contributed by atoms with E-state index in [9.17, 15) is 9.59 Å². The molecule has 2 aliphatic heterocycles. The van der Waals surface area contributed by atoms with Gasteiger partial charge < -0.3 is 14.4 Å². The fourth-order valence-corrected chi connectivity index (χ4v) is 6.29. The summed E-state index contributed by atoms with van der Waals surface area (Å²) >= 11 is 0. The second-order valence-corrected chi connectivity index (χ2v) is 12.2. The molecule has 2 aliphatic rings. The Labute approximate surface area is 247 Å². The topological polar surface area (TPSA) is 76.2 Å². The van der Waals surface area contributed by atoms with Crippen LogP contribution in [0, 0.1) is 0 Å². The molecule has 2 saturated heterocycles. The van der Waals surface area contributed by atoms with Crippen LogP contribution in [-0.2, 0) is 25.5 Å². The van der Waals surface area contributed by atoms with E-state index in [0.29, 0.717) is 0 Å². The summed E-state index contributed by atoms with van der Waals surface area (Å²) in [6, 6.07) is 27.7. The molecule has 0 N–H and O–H groups in total. The minimum Gasteiger partial charge on any atom is -0.458 e. The second-order valence-electron chi connectivity index (χ2n) is 12.2. The van der Waals surface area contributed by atoms with Gasteiger partial charge in [0.05, 0.1) is 12.1 Å². The highest BCUT2D eigenvalue weighted by atomic mass is 16.6. The minimum atomic E-state index is -1.38. The molecule has 0 saturated carbocycles. The van der Waals surface area contributed by atoms with Crippen LogP contribution in [0.1, 0.15) is 62.9 Å². The van der Waals surface area contributed by atoms with Gasteiger partial charge in [0.15, 0.2) is 5.54 Å². The zero-order chi connectivity index (χ0) is 30.1. The molecule has 7 nitrogen and oxygen atoms in total. The first kappa shape index (κ1) is 29.1. The molecule has 3 aromatic carbocycles. The number of cyclic esters (lactones) is 1. The molecule has 7 heteroatoms. The highest BCUT2D eigenvalue weighted by Crippen LogP contribution is 2.56. The number of amides is 2. The van der Waals surface area contributed by atoms with E-state index in [1.54, 1.807) is 43.6 Å². The highest BCUT2D eigenvalue weighted by molar-refractivity contribution is 6.02. The van der Waals surface area contributed by atoms with Crippen molar-refractivity contribution < 1.29 is 23.9 Å². The summed E-state index contributed by atoms with van der Waals surface area (Å²) < 4.78 is 11.6. The molecule has 2 fully saturated rings. The van der Waals surface area contributed by atoms with Crippen molar-refractivity contribution in [3.8, 4) is 0 Å². The van der Waals surface area contributed by atoms with Gasteiger partial charge in [-0.25, -0.2) is 9.59 Å². The van der Waals surface area contributed by atoms with Crippen LogP contribution in [0.15, 0.2) is 104 Å². The molecule has 0 spiro atoms. The Morgan fingerprint density at radius 2 is 1.48 bits per heavy atom. The third kappa shape index (κ3) is 4.97. The first-order chi connectivity index (χ1) is 20.0. The van der Waals surface area contributed by atoms with Crippen molar-refractivity contribution >= 4 is 18.0 Å². The Morgan fingerprint density at radius 3 is 2.02 bits per heavy atom. The van der Waals surface area contributed by atoms with Crippen molar-refractivity contribution in [1.29, 1.82) is 0 Å². The number of nitrogens with zero attached hydrogens (tertiary/aromatic N) is 2. The maximum atomic E-state index is 15.0. The molecule has 2 heterocycles. The number of carbonyl (C=O) groups is 3. The highest BCUT2D eigenvalue weighted by Gasteiger charge is 2.72. The lowest BCUT2D eigenvalue weighted by atomic mass is 9.66. The fourth-order valence-electron chi connectivity index (χ4n) is 6.29. The molecule has 0 bridgehead atoms. The summed E-state index contributed by atoms with van der Waals surface area (Å²) in [5.41, 5.74) is -0.956. The quantitative estimate of drug-likeness (QED) is 0.170. The van der Waals surface area contributed by atoms with Gasteiger partial charge in [-0.2, -0.15) is 0 Å². The van der Waals surface area contributed by atoms with Crippen LogP contribution in [0.3, 0.4) is 0 Å². The number of carbonyl (C=O) groups excluding carboxylic acids is 3. The molecule has 2 amide bonds. The molecular weight excluding hydrogens is 528 g/mol. The third-order valence-electron chi connectivity index (χ3n) is 8.13. The van der Waals surface area contributed by atoms with Crippen molar-refractivity contribution in [2.75, 3.05) is 6.61 Å². The van der Waals surface area contributed by atoms with Crippen molar-refractivity contribution in [3.63, 3.8) is 0 Å². The maximum Gasteiger partial charge on any atom is 0.411 e. The summed E-state index contributed by atoms with van der Waals surface area (Å²) in [6.45, 7) is 11.1. The number of β-lactam (4-membered cyclic amide) rings is 1. The SMILES string of the molecule is C=CC[C@](C)(C(=O)OC(C)(C)C)N1C(=O)[C@](Cc2ccccc2)(N2C(=O)OC[C@@H]2c2ccccc2)[C@H]1c1ccccc1. The van der Waals surface area contributed by atoms with E-state index >= 15 is 4.79 Å². The first-order valence-electron chi connectivity index (χ1n) is 14.3. The van der Waals surface area contributed by atoms with Gasteiger partial charge in [-0.05, 0) is 50.8 Å². The lowest BCUT2D eigenvalue weighted by Crippen LogP contribution is -2.81. The predicted octanol–water partition coefficient (Wildman–Crippen LogP) is 6.42. The van der Waals surface area contributed by atoms with E-state index in [1.807, 2.05) is 91.0 Å². The van der Waals surface area contributed by atoms with Gasteiger partial charge in [-0.15, -0.1) is 6.58 Å². The van der Waals surface area contributed by atoms with Crippen LogP contribution < -0.4 is 0 Å². The third-order valence-corrected chi connectivity index (χ3v) is 8.13. The van der Waals surface area contributed by atoms with E-state index in [4.69, 9.17) is 9.47 Å². The molecule has 3 aromatic rings. The van der Waals surface area contributed by atoms with Crippen molar-refractivity contribution in [1.82, 2.24) is 9.80 Å². The molecule has 4 atom stereocenters. The van der Waals surface area contributed by atoms with Crippen LogP contribution in [0.5, 0.6) is 0 Å². The Hall–Kier alpha value is -4.39. The van der Waals surface area contributed by atoms with Gasteiger partial charge in [-0.1, -0.05) is 97.1 Å². The molecular formula is C35H38N2O5. The first-order valence-corrected chi connectivity index (χ1v) is 14.3. The Bertz CT molecular complexity index is 1450. The normalized spacial score (nSPS) is 23.5. The van der Waals surface area contributed by atoms with E-state index in [-0.39, 0.29) is 25.4 Å². The minimum absolute atomic E-state index is 0.115. The Balaban J connectivity index is 1.73. The van der Waals surface area contributed by atoms with Gasteiger partial charge in [-0.3, -0.25) is 9.69 Å². The number of benzene rings is 3. The molecule has 218 valence electrons. The Morgan fingerprint density at radius 1 is 0.929 bits per heavy atom. The van der Waals surface area contributed by atoms with Crippen LogP contribution in [0.4, 0.5) is 4.79 Å². The fraction of sp³-hybridized carbons (Fsp3) is 0.343. The summed E-state index contributed by atoms with van der Waals surface area (Å²) in [4.78, 5) is 45.9. The number of esters is 1. The van der Waals surface area contributed by atoms with Gasteiger partial charge in [0.25, 0.3) is 5.91 Å². The number of hydrogen-bond donors (Lipinski definition) is 0. The van der Waals surface area contributed by atoms with Crippen molar-refractivity contribution in [3.05, 3.63) is 120 Å². The number of hydrogen-bond acceptors (Lipinski definition) is 5. The molecule has 0 unspecified atom stereocenters. The monoisotopic (exact) mass is 566 g/mol. The number of ether oxygens (including phenoxy) is 2. The van der Waals surface area contributed by atoms with Crippen LogP contribution >= 0.6 is 0 Å². The summed E-state index contributed by atoms with van der Waals surface area (Å²) in [6.07, 6.45) is 1.48. The van der Waals surface area contributed by atoms with Crippen LogP contribution in [0.25, 0.3) is 0 Å². The van der Waals surface area contributed by atoms with E-state index in [0.717, 1.165) is 16.7 Å². The average Bonchev–Trinajstić information content (AvgIpc) is 3.36. The standard InChI is InChI=1S/C35H38N2O5/c1-6-22-34(5,31(39)42-33(2,3)4)37-29(27-20-14-9-15-21-27)35(30(37)38,23-25-16-10-7-11-17-25)36-28(24-41-32(36)40)26-18-12-8-13-19-26/h6-21,28-29H,1,22-24H2,2-5H3/t28-,29-,34-,35-/m1/s1. The number of rotatable bonds is 9. The summed E-state index contributed by atoms with van der Waals surface area (Å²) in [5.74, 6) is -0.865. The average molecular weight is 567 g/mol. The van der Waals surface area contributed by atoms with Crippen LogP contribution in [-0.4, -0.2) is 51.1 Å². The Kier molecular flexibility index (Phi) is 7.71. The summed E-state index contributed by atoms with van der Waals surface area (Å²) in [5, 5.41) is 0. The van der Waals surface area contributed by atoms with Crippen molar-refractivity contribution in [2.45, 2.75) is 69.3 Å². The smallest absolute Gasteiger partial charge is 0.411 e. The zero-order valence-corrected chi connectivity index (χ0v) is 24.7. The van der Waals surface area contributed by atoms with Gasteiger partial charge in [0.2, 0.25) is 0 Å². The van der Waals surface area contributed by atoms with E-state index < -0.39 is 40.8 Å². The molecule has 5 rings (SSSR count). The van der Waals surface area contributed by atoms with Crippen molar-refractivity contribution in [2.24, 2.45) is 0 Å². The lowest BCUT2D eigenvalue weighted by Gasteiger charge is -2.64. The van der Waals surface area contributed by atoms with E-state index in [2.05, 4.69) is 6.58 Å². The van der Waals surface area contributed by atoms with Gasteiger partial charge in [0, 0.05) is 6.42 Å². The van der Waals surface area contributed by atoms with Gasteiger partial charge >= 0.3 is 12.1 Å². The summed E-state index contributed by atoms with van der Waals surface area (Å²) in [7, 11) is 0. The maximum absolute atomic E-state index is 15.0. The predicted molar refractivity (Wildman–Crippen MR) is 160 cm³/mol. The largest absolute Gasteiger partial charge is 0.458 e. The number of likely N-dealkylation sites (tertiary alicyclic amines) is 1.